The lowest BCUT2D eigenvalue weighted by Crippen LogP contribution is -2.69. The predicted molar refractivity (Wildman–Crippen MR) is 117 cm³/mol. The number of carbonyl (C=O) groups is 1. The number of nitrogens with zero attached hydrogens (tertiary/aromatic N) is 2. The van der Waals surface area contributed by atoms with E-state index in [-0.39, 0.29) is 24.2 Å². The molecular formula is C24H33ClN2O4. The summed E-state index contributed by atoms with van der Waals surface area (Å²) >= 11 is 7.56. The molecule has 7 heteroatoms. The highest BCUT2D eigenvalue weighted by Crippen LogP contribution is 2.71. The first-order valence-electron chi connectivity index (χ1n) is 11.4. The van der Waals surface area contributed by atoms with Crippen molar-refractivity contribution in [2.45, 2.75) is 69.5 Å². The van der Waals surface area contributed by atoms with E-state index in [1.807, 2.05) is 31.8 Å². The van der Waals surface area contributed by atoms with E-state index in [4.69, 9.17) is 11.6 Å². The zero-order valence-corrected chi connectivity index (χ0v) is 19.5. The van der Waals surface area contributed by atoms with Crippen molar-refractivity contribution in [3.63, 3.8) is 0 Å². The van der Waals surface area contributed by atoms with Gasteiger partial charge < -0.3 is 15.3 Å². The number of aromatic nitrogens is 2. The van der Waals surface area contributed by atoms with Crippen LogP contribution in [0.2, 0.25) is 0 Å². The van der Waals surface area contributed by atoms with Crippen LogP contribution in [0, 0.1) is 28.6 Å². The van der Waals surface area contributed by atoms with Gasteiger partial charge in [0.05, 0.1) is 16.7 Å². The van der Waals surface area contributed by atoms with Crippen LogP contribution in [0.3, 0.4) is 0 Å². The molecule has 3 N–H and O–H groups in total. The fourth-order valence-corrected chi connectivity index (χ4v) is 8.76. The second-order valence-corrected chi connectivity index (χ2v) is 11.7. The van der Waals surface area contributed by atoms with E-state index >= 15 is 0 Å². The summed E-state index contributed by atoms with van der Waals surface area (Å²) in [5.41, 5.74) is 0.467. The molecule has 0 unspecified atom stereocenters. The van der Waals surface area contributed by atoms with E-state index < -0.39 is 39.8 Å². The molecule has 1 heterocycles. The molecule has 5 rings (SSSR count). The van der Waals surface area contributed by atoms with Crippen molar-refractivity contribution in [1.29, 1.82) is 0 Å². The summed E-state index contributed by atoms with van der Waals surface area (Å²) in [4.78, 5) is 11.9. The number of rotatable bonds is 2. The molecule has 6 nitrogen and oxygen atoms in total. The Morgan fingerprint density at radius 3 is 2.74 bits per heavy atom. The summed E-state index contributed by atoms with van der Waals surface area (Å²) in [6.45, 7) is 5.29. The first-order valence-corrected chi connectivity index (χ1v) is 11.8. The fraction of sp³-hybridized carbons (Fsp3) is 0.750. The van der Waals surface area contributed by atoms with Crippen LogP contribution >= 0.6 is 11.6 Å². The lowest BCUT2D eigenvalue weighted by atomic mass is 9.44. The molecule has 31 heavy (non-hydrogen) atoms. The van der Waals surface area contributed by atoms with Crippen molar-refractivity contribution >= 4 is 23.5 Å². The van der Waals surface area contributed by atoms with Crippen LogP contribution in [0.5, 0.6) is 0 Å². The molecular weight excluding hydrogens is 416 g/mol. The van der Waals surface area contributed by atoms with Gasteiger partial charge in [-0.25, -0.2) is 0 Å². The summed E-state index contributed by atoms with van der Waals surface area (Å²) in [7, 11) is 1.92. The molecule has 0 radical (unpaired) electrons. The highest BCUT2D eigenvalue weighted by molar-refractivity contribution is 6.26. The highest BCUT2D eigenvalue weighted by Gasteiger charge is 2.74. The number of halogens is 1. The van der Waals surface area contributed by atoms with Gasteiger partial charge in [-0.05, 0) is 61.5 Å². The number of aliphatic hydroxyl groups excluding tert-OH is 2. The molecule has 170 valence electrons. The maximum atomic E-state index is 12.8. The second-order valence-electron chi connectivity index (χ2n) is 11.0. The van der Waals surface area contributed by atoms with Gasteiger partial charge in [0, 0.05) is 24.1 Å². The first-order chi connectivity index (χ1) is 14.4. The first kappa shape index (κ1) is 21.6. The third-order valence-electron chi connectivity index (χ3n) is 9.78. The summed E-state index contributed by atoms with van der Waals surface area (Å²) < 4.78 is 1.83. The van der Waals surface area contributed by atoms with Gasteiger partial charge in [-0.3, -0.25) is 9.48 Å². The molecule has 0 aromatic carbocycles. The quantitative estimate of drug-likeness (QED) is 0.604. The smallest absolute Gasteiger partial charge is 0.190 e. The summed E-state index contributed by atoms with van der Waals surface area (Å²) in [6.07, 6.45) is 6.61. The number of alkyl halides is 1. The number of fused-ring (bicyclic) bond motifs is 6. The number of hydrogen-bond acceptors (Lipinski definition) is 5. The van der Waals surface area contributed by atoms with E-state index in [1.54, 1.807) is 0 Å². The lowest BCUT2D eigenvalue weighted by Gasteiger charge is -2.64. The average molecular weight is 449 g/mol. The molecule has 4 aliphatic rings. The van der Waals surface area contributed by atoms with Crippen LogP contribution < -0.4 is 0 Å². The van der Waals surface area contributed by atoms with E-state index in [2.05, 4.69) is 18.1 Å². The average Bonchev–Trinajstić information content (AvgIpc) is 3.15. The minimum atomic E-state index is -1.65. The maximum Gasteiger partial charge on any atom is 0.190 e. The Balaban J connectivity index is 1.62. The number of hydrogen-bond donors (Lipinski definition) is 3. The largest absolute Gasteiger partial charge is 0.391 e. The number of carbonyl (C=O) groups excluding carboxylic acids is 1. The van der Waals surface area contributed by atoms with Crippen LogP contribution in [0.15, 0.2) is 11.8 Å². The molecule has 0 aliphatic heterocycles. The van der Waals surface area contributed by atoms with E-state index in [0.29, 0.717) is 6.42 Å². The number of ketones is 1. The van der Waals surface area contributed by atoms with Crippen molar-refractivity contribution < 1.29 is 20.1 Å². The van der Waals surface area contributed by atoms with Gasteiger partial charge in [-0.2, -0.15) is 5.10 Å². The number of aliphatic hydroxyl groups is 3. The van der Waals surface area contributed by atoms with Crippen molar-refractivity contribution in [2.24, 2.45) is 35.6 Å². The number of Topliss-reactive ketones (excluding diaryl/α,β-unsaturated/α-hetero) is 1. The Kier molecular flexibility index (Phi) is 4.49. The third-order valence-corrected chi connectivity index (χ3v) is 10.7. The molecule has 0 saturated heterocycles. The lowest BCUT2D eigenvalue weighted by molar-refractivity contribution is -0.181. The monoisotopic (exact) mass is 448 g/mol. The van der Waals surface area contributed by atoms with Gasteiger partial charge in [-0.1, -0.05) is 26.3 Å². The summed E-state index contributed by atoms with van der Waals surface area (Å²) in [6, 6.07) is 0. The number of aryl methyl sites for hydroxylation is 1. The normalized spacial score (nSPS) is 48.3. The number of allylic oxidation sites excluding steroid dienone is 1. The highest BCUT2D eigenvalue weighted by atomic mass is 35.5. The van der Waals surface area contributed by atoms with Gasteiger partial charge >= 0.3 is 0 Å². The van der Waals surface area contributed by atoms with Crippen molar-refractivity contribution in [1.82, 2.24) is 9.78 Å². The van der Waals surface area contributed by atoms with E-state index in [0.717, 1.165) is 30.5 Å². The Bertz CT molecular complexity index is 990. The Morgan fingerprint density at radius 2 is 2.06 bits per heavy atom. The molecule has 4 aliphatic carbocycles. The topological polar surface area (TPSA) is 95.6 Å². The van der Waals surface area contributed by atoms with Crippen LogP contribution in [-0.4, -0.2) is 54.1 Å². The van der Waals surface area contributed by atoms with Gasteiger partial charge in [0.1, 0.15) is 12.2 Å². The van der Waals surface area contributed by atoms with Gasteiger partial charge in [0.2, 0.25) is 0 Å². The zero-order chi connectivity index (χ0) is 22.6. The molecule has 3 fully saturated rings. The van der Waals surface area contributed by atoms with Gasteiger partial charge in [0.25, 0.3) is 0 Å². The van der Waals surface area contributed by atoms with Crippen LogP contribution in [0.4, 0.5) is 0 Å². The summed E-state index contributed by atoms with van der Waals surface area (Å²) in [5, 5.41) is 37.4. The van der Waals surface area contributed by atoms with Crippen LogP contribution in [0.1, 0.15) is 57.7 Å². The minimum absolute atomic E-state index is 0.00225. The predicted octanol–water partition coefficient (Wildman–Crippen LogP) is 2.47. The molecule has 8 atom stereocenters. The van der Waals surface area contributed by atoms with E-state index in [9.17, 15) is 20.1 Å². The fourth-order valence-electron chi connectivity index (χ4n) is 8.24. The van der Waals surface area contributed by atoms with E-state index in [1.165, 1.54) is 5.57 Å². The molecule has 0 amide bonds. The molecule has 0 spiro atoms. The van der Waals surface area contributed by atoms with Gasteiger partial charge in [-0.15, -0.1) is 11.6 Å². The standard InChI is InChI=1S/C24H33ClN2O4/c1-13-7-17-16-6-5-15-8-18-14(11-27(4)26-18)9-21(15,2)23(16,25)19(29)10-22(17,3)24(13,31)20(30)12-28/h8,11,13,16-17,19,28-29,31H,5-7,9-10,12H2,1-4H3/t13-,16-,17-,19-,21-,22-,23-,24-/m0/s1. The third kappa shape index (κ3) is 2.35. The Morgan fingerprint density at radius 1 is 1.35 bits per heavy atom. The Hall–Kier alpha value is -1.21. The molecule has 1 aromatic heterocycles. The molecule has 1 aromatic rings. The van der Waals surface area contributed by atoms with Crippen molar-refractivity contribution in [3.8, 4) is 0 Å². The van der Waals surface area contributed by atoms with Crippen molar-refractivity contribution in [2.75, 3.05) is 6.61 Å². The maximum absolute atomic E-state index is 12.8. The zero-order valence-electron chi connectivity index (χ0n) is 18.7. The molecule has 3 saturated carbocycles. The SMILES string of the molecule is C[C@H]1C[C@H]2[C@@H]3CCC4=Cc5nn(C)cc5C[C@]4(C)[C@@]3(Cl)[C@@H](O)C[C@]2(C)[C@@]1(O)C(=O)CO. The van der Waals surface area contributed by atoms with Crippen molar-refractivity contribution in [3.05, 3.63) is 23.0 Å². The Labute approximate surface area is 188 Å². The second kappa shape index (κ2) is 6.43. The van der Waals surface area contributed by atoms with Crippen LogP contribution in [-0.2, 0) is 18.3 Å². The van der Waals surface area contributed by atoms with Crippen LogP contribution in [0.25, 0.3) is 6.08 Å². The van der Waals surface area contributed by atoms with Gasteiger partial charge in [0.15, 0.2) is 5.78 Å². The molecule has 0 bridgehead atoms. The minimum Gasteiger partial charge on any atom is -0.391 e. The summed E-state index contributed by atoms with van der Waals surface area (Å²) in [5.74, 6) is -0.877.